The Hall–Kier alpha value is -3.61. The van der Waals surface area contributed by atoms with Crippen LogP contribution >= 0.6 is 23.1 Å². The van der Waals surface area contributed by atoms with Gasteiger partial charge in [0.05, 0.1) is 35.9 Å². The van der Waals surface area contributed by atoms with Crippen LogP contribution in [0.3, 0.4) is 0 Å². The number of nitriles is 1. The van der Waals surface area contributed by atoms with Gasteiger partial charge in [-0.15, -0.1) is 21.5 Å². The first-order valence-corrected chi connectivity index (χ1v) is 11.6. The highest BCUT2D eigenvalue weighted by Gasteiger charge is 2.20. The van der Waals surface area contributed by atoms with E-state index in [4.69, 9.17) is 10.00 Å². The van der Waals surface area contributed by atoms with Gasteiger partial charge in [-0.2, -0.15) is 5.26 Å². The van der Waals surface area contributed by atoms with Gasteiger partial charge in [0.15, 0.2) is 11.0 Å². The summed E-state index contributed by atoms with van der Waals surface area (Å²) in [5, 5.41) is 23.0. The lowest BCUT2D eigenvalue weighted by Gasteiger charge is -2.13. The third kappa shape index (κ3) is 4.82. The summed E-state index contributed by atoms with van der Waals surface area (Å²) in [5.74, 6) is 1.39. The molecule has 7 nitrogen and oxygen atoms in total. The predicted molar refractivity (Wildman–Crippen MR) is 126 cm³/mol. The van der Waals surface area contributed by atoms with Crippen molar-refractivity contribution in [3.05, 3.63) is 71.6 Å². The van der Waals surface area contributed by atoms with E-state index < -0.39 is 0 Å². The van der Waals surface area contributed by atoms with Crippen LogP contribution in [0, 0.1) is 11.3 Å². The summed E-state index contributed by atoms with van der Waals surface area (Å²) >= 11 is 2.87. The van der Waals surface area contributed by atoms with E-state index in [2.05, 4.69) is 21.6 Å². The van der Waals surface area contributed by atoms with E-state index in [0.717, 1.165) is 16.1 Å². The number of carbonyl (C=O) groups excluding carboxylic acids is 1. The van der Waals surface area contributed by atoms with E-state index >= 15 is 0 Å². The number of hydrogen-bond donors (Lipinski definition) is 1. The Bertz CT molecular complexity index is 1240. The number of thiophene rings is 1. The minimum atomic E-state index is -0.157. The predicted octanol–water partition coefficient (Wildman–Crippen LogP) is 4.80. The third-order valence-corrected chi connectivity index (χ3v) is 6.35. The van der Waals surface area contributed by atoms with Crippen LogP contribution in [0.2, 0.25) is 0 Å². The standard InChI is InChI=1S/C23H19N5O2S2/c1-30-19-6-3-2-5-18(19)28-22(20-7-4-14-31-20)26-27-23(28)32-15-21(29)25-17-10-8-16(9-11-17)12-13-24/h2-11,14H,12,15H2,1H3,(H,25,29). The van der Waals surface area contributed by atoms with E-state index in [1.54, 1.807) is 30.6 Å². The van der Waals surface area contributed by atoms with Crippen molar-refractivity contribution in [1.29, 1.82) is 5.26 Å². The molecule has 0 unspecified atom stereocenters. The molecule has 0 atom stereocenters. The molecule has 0 radical (unpaired) electrons. The summed E-state index contributed by atoms with van der Waals surface area (Å²) in [5.41, 5.74) is 2.40. The van der Waals surface area contributed by atoms with Gasteiger partial charge in [-0.05, 0) is 41.3 Å². The van der Waals surface area contributed by atoms with Gasteiger partial charge < -0.3 is 10.1 Å². The van der Waals surface area contributed by atoms with Crippen molar-refractivity contribution in [2.75, 3.05) is 18.2 Å². The molecule has 9 heteroatoms. The maximum Gasteiger partial charge on any atom is 0.234 e. The third-order valence-electron chi connectivity index (χ3n) is 4.55. The van der Waals surface area contributed by atoms with Gasteiger partial charge in [-0.25, -0.2) is 0 Å². The van der Waals surface area contributed by atoms with E-state index in [-0.39, 0.29) is 11.7 Å². The van der Waals surface area contributed by atoms with E-state index in [1.807, 2.05) is 58.5 Å². The highest BCUT2D eigenvalue weighted by molar-refractivity contribution is 7.99. The molecule has 1 amide bonds. The number of carbonyl (C=O) groups is 1. The molecule has 2 heterocycles. The molecule has 2 aromatic carbocycles. The monoisotopic (exact) mass is 461 g/mol. The van der Waals surface area contributed by atoms with Crippen LogP contribution < -0.4 is 10.1 Å². The highest BCUT2D eigenvalue weighted by atomic mass is 32.2. The molecular formula is C23H19N5O2S2. The maximum absolute atomic E-state index is 12.5. The summed E-state index contributed by atoms with van der Waals surface area (Å²) in [4.78, 5) is 13.5. The van der Waals surface area contributed by atoms with Crippen LogP contribution in [0.5, 0.6) is 5.75 Å². The number of para-hydroxylation sites is 2. The second-order valence-electron chi connectivity index (χ2n) is 6.66. The van der Waals surface area contributed by atoms with Crippen LogP contribution in [-0.4, -0.2) is 33.5 Å². The number of ether oxygens (including phenoxy) is 1. The highest BCUT2D eigenvalue weighted by Crippen LogP contribution is 2.34. The molecule has 0 saturated heterocycles. The van der Waals surface area contributed by atoms with Crippen molar-refractivity contribution < 1.29 is 9.53 Å². The first-order chi connectivity index (χ1) is 15.7. The van der Waals surface area contributed by atoms with Gasteiger partial charge in [0, 0.05) is 5.69 Å². The van der Waals surface area contributed by atoms with Crippen molar-refractivity contribution in [3.8, 4) is 28.2 Å². The summed E-state index contributed by atoms with van der Waals surface area (Å²) in [7, 11) is 1.62. The van der Waals surface area contributed by atoms with Gasteiger partial charge in [0.1, 0.15) is 5.75 Å². The maximum atomic E-state index is 12.5. The minimum absolute atomic E-state index is 0.157. The number of aromatic nitrogens is 3. The molecule has 4 aromatic rings. The largest absolute Gasteiger partial charge is 0.495 e. The van der Waals surface area contributed by atoms with Crippen molar-refractivity contribution in [2.45, 2.75) is 11.6 Å². The Morgan fingerprint density at radius 3 is 2.69 bits per heavy atom. The second-order valence-corrected chi connectivity index (χ2v) is 8.55. The normalized spacial score (nSPS) is 10.5. The lowest BCUT2D eigenvalue weighted by atomic mass is 10.1. The molecule has 4 rings (SSSR count). The molecule has 0 bridgehead atoms. The summed E-state index contributed by atoms with van der Waals surface area (Å²) in [6.07, 6.45) is 0.343. The molecule has 0 fully saturated rings. The number of amides is 1. The molecule has 1 N–H and O–H groups in total. The Labute approximate surface area is 193 Å². The van der Waals surface area contributed by atoms with Gasteiger partial charge >= 0.3 is 0 Å². The average molecular weight is 462 g/mol. The molecule has 0 aliphatic rings. The Balaban J connectivity index is 1.55. The molecule has 0 saturated carbocycles. The Morgan fingerprint density at radius 2 is 1.97 bits per heavy atom. The number of methoxy groups -OCH3 is 1. The van der Waals surface area contributed by atoms with Crippen molar-refractivity contribution in [2.24, 2.45) is 0 Å². The fraction of sp³-hybridized carbons (Fsp3) is 0.130. The summed E-state index contributed by atoms with van der Waals surface area (Å²) < 4.78 is 7.46. The van der Waals surface area contributed by atoms with Gasteiger partial charge in [0.2, 0.25) is 5.91 Å². The van der Waals surface area contributed by atoms with Crippen molar-refractivity contribution in [1.82, 2.24) is 14.8 Å². The number of nitrogens with one attached hydrogen (secondary N) is 1. The van der Waals surface area contributed by atoms with Gasteiger partial charge in [-0.1, -0.05) is 42.1 Å². The zero-order chi connectivity index (χ0) is 22.3. The van der Waals surface area contributed by atoms with Crippen LogP contribution in [0.4, 0.5) is 5.69 Å². The molecule has 2 aromatic heterocycles. The van der Waals surface area contributed by atoms with E-state index in [0.29, 0.717) is 28.8 Å². The zero-order valence-electron chi connectivity index (χ0n) is 17.2. The summed E-state index contributed by atoms with van der Waals surface area (Å²) in [6, 6.07) is 20.9. The lowest BCUT2D eigenvalue weighted by molar-refractivity contribution is -0.113. The fourth-order valence-corrected chi connectivity index (χ4v) is 4.53. The molecule has 32 heavy (non-hydrogen) atoms. The average Bonchev–Trinajstić information content (AvgIpc) is 3.49. The second kappa shape index (κ2) is 10.1. The number of rotatable bonds is 8. The van der Waals surface area contributed by atoms with Crippen LogP contribution in [-0.2, 0) is 11.2 Å². The number of benzene rings is 2. The Kier molecular flexibility index (Phi) is 6.84. The minimum Gasteiger partial charge on any atom is -0.495 e. The zero-order valence-corrected chi connectivity index (χ0v) is 18.8. The van der Waals surface area contributed by atoms with E-state index in [1.165, 1.54) is 11.8 Å². The van der Waals surface area contributed by atoms with Crippen molar-refractivity contribution >= 4 is 34.7 Å². The SMILES string of the molecule is COc1ccccc1-n1c(SCC(=O)Nc2ccc(CC#N)cc2)nnc1-c1cccs1. The smallest absolute Gasteiger partial charge is 0.234 e. The van der Waals surface area contributed by atoms with Crippen molar-refractivity contribution in [3.63, 3.8) is 0 Å². The first kappa shape index (κ1) is 21.6. The lowest BCUT2D eigenvalue weighted by Crippen LogP contribution is -2.14. The van der Waals surface area contributed by atoms with Gasteiger partial charge in [-0.3, -0.25) is 9.36 Å². The van der Waals surface area contributed by atoms with E-state index in [9.17, 15) is 4.79 Å². The quantitative estimate of drug-likeness (QED) is 0.379. The molecule has 0 spiro atoms. The topological polar surface area (TPSA) is 92.8 Å². The van der Waals surface area contributed by atoms with Crippen LogP contribution in [0.1, 0.15) is 5.56 Å². The Morgan fingerprint density at radius 1 is 1.16 bits per heavy atom. The summed E-state index contributed by atoms with van der Waals surface area (Å²) in [6.45, 7) is 0. The molecular weight excluding hydrogens is 442 g/mol. The number of anilines is 1. The number of thioether (sulfide) groups is 1. The number of hydrogen-bond acceptors (Lipinski definition) is 7. The number of nitrogens with zero attached hydrogens (tertiary/aromatic N) is 4. The van der Waals surface area contributed by atoms with Crippen LogP contribution in [0.15, 0.2) is 71.2 Å². The molecule has 0 aliphatic heterocycles. The van der Waals surface area contributed by atoms with Crippen LogP contribution in [0.25, 0.3) is 16.4 Å². The molecule has 160 valence electrons. The van der Waals surface area contributed by atoms with Gasteiger partial charge in [0.25, 0.3) is 0 Å². The molecule has 0 aliphatic carbocycles. The first-order valence-electron chi connectivity index (χ1n) is 9.71. The fourth-order valence-electron chi connectivity index (χ4n) is 3.08.